The van der Waals surface area contributed by atoms with Crippen LogP contribution < -0.4 is 9.64 Å². The van der Waals surface area contributed by atoms with E-state index in [2.05, 4.69) is 4.90 Å². The van der Waals surface area contributed by atoms with Crippen molar-refractivity contribution in [3.05, 3.63) is 47.0 Å². The summed E-state index contributed by atoms with van der Waals surface area (Å²) in [5.74, 6) is 0.241. The highest BCUT2D eigenvalue weighted by Gasteiger charge is 2.26. The molecule has 0 spiro atoms. The summed E-state index contributed by atoms with van der Waals surface area (Å²) in [7, 11) is -1.97. The van der Waals surface area contributed by atoms with E-state index in [0.29, 0.717) is 47.7 Å². The van der Waals surface area contributed by atoms with E-state index in [9.17, 15) is 13.2 Å². The summed E-state index contributed by atoms with van der Waals surface area (Å²) in [6.45, 7) is 7.11. The standard InChI is InChI=1S/C24H28ClN3O5S2/c1-16(2)35(30,31)18-6-4-5-17(15-18)23(29)28(10-9-27-11-13-33-14-12-27)24-26-21-20(32-3)8-7-19(25)22(21)34-24/h4-8,15-16H,9-14H2,1-3H3. The maximum absolute atomic E-state index is 13.8. The van der Waals surface area contributed by atoms with Crippen molar-refractivity contribution < 1.29 is 22.7 Å². The third-order valence-electron chi connectivity index (χ3n) is 5.92. The molecule has 1 aliphatic rings. The monoisotopic (exact) mass is 537 g/mol. The third kappa shape index (κ3) is 5.46. The van der Waals surface area contributed by atoms with Crippen molar-refractivity contribution in [3.63, 3.8) is 0 Å². The number of rotatable bonds is 8. The van der Waals surface area contributed by atoms with Gasteiger partial charge in [0, 0.05) is 31.7 Å². The molecule has 2 aromatic carbocycles. The van der Waals surface area contributed by atoms with Crippen LogP contribution in [0.15, 0.2) is 41.3 Å². The smallest absolute Gasteiger partial charge is 0.260 e. The number of benzene rings is 2. The first-order chi connectivity index (χ1) is 16.7. The lowest BCUT2D eigenvalue weighted by atomic mass is 10.2. The number of carbonyl (C=O) groups is 1. The molecule has 8 nitrogen and oxygen atoms in total. The number of carbonyl (C=O) groups excluding carboxylic acids is 1. The molecule has 11 heteroatoms. The Balaban J connectivity index is 1.73. The number of thiazole rings is 1. The number of hydrogen-bond donors (Lipinski definition) is 0. The Kier molecular flexibility index (Phi) is 7.97. The lowest BCUT2D eigenvalue weighted by Gasteiger charge is -2.29. The number of morpholine rings is 1. The molecule has 35 heavy (non-hydrogen) atoms. The average molecular weight is 538 g/mol. The summed E-state index contributed by atoms with van der Waals surface area (Å²) in [5, 5.41) is 0.404. The van der Waals surface area contributed by atoms with E-state index < -0.39 is 15.1 Å². The van der Waals surface area contributed by atoms with Crippen molar-refractivity contribution in [1.29, 1.82) is 0 Å². The zero-order valence-electron chi connectivity index (χ0n) is 19.9. The van der Waals surface area contributed by atoms with Crippen molar-refractivity contribution in [2.75, 3.05) is 51.4 Å². The quantitative estimate of drug-likeness (QED) is 0.427. The number of aromatic nitrogens is 1. The van der Waals surface area contributed by atoms with Crippen LogP contribution in [0.1, 0.15) is 24.2 Å². The predicted octanol–water partition coefficient (Wildman–Crippen LogP) is 4.12. The molecule has 0 saturated carbocycles. The van der Waals surface area contributed by atoms with Crippen LogP contribution in [0.3, 0.4) is 0 Å². The average Bonchev–Trinajstić information content (AvgIpc) is 3.31. The molecule has 1 fully saturated rings. The predicted molar refractivity (Wildman–Crippen MR) is 139 cm³/mol. The van der Waals surface area contributed by atoms with Crippen molar-refractivity contribution in [1.82, 2.24) is 9.88 Å². The molecule has 0 bridgehead atoms. The minimum Gasteiger partial charge on any atom is -0.494 e. The van der Waals surface area contributed by atoms with Crippen LogP contribution in [0.25, 0.3) is 10.2 Å². The molecule has 0 radical (unpaired) electrons. The van der Waals surface area contributed by atoms with Gasteiger partial charge in [-0.25, -0.2) is 13.4 Å². The van der Waals surface area contributed by atoms with E-state index in [1.54, 1.807) is 50.1 Å². The van der Waals surface area contributed by atoms with Crippen molar-refractivity contribution in [3.8, 4) is 5.75 Å². The molecule has 2 heterocycles. The molecule has 1 saturated heterocycles. The second-order valence-electron chi connectivity index (χ2n) is 8.46. The molecule has 1 amide bonds. The number of ether oxygens (including phenoxy) is 2. The van der Waals surface area contributed by atoms with Crippen molar-refractivity contribution in [2.24, 2.45) is 0 Å². The van der Waals surface area contributed by atoms with E-state index in [1.165, 1.54) is 23.5 Å². The molecule has 0 atom stereocenters. The van der Waals surface area contributed by atoms with E-state index in [4.69, 9.17) is 26.1 Å². The minimum atomic E-state index is -3.53. The summed E-state index contributed by atoms with van der Waals surface area (Å²) >= 11 is 7.73. The first kappa shape index (κ1) is 25.8. The summed E-state index contributed by atoms with van der Waals surface area (Å²) in [6.07, 6.45) is 0. The van der Waals surface area contributed by atoms with Crippen molar-refractivity contribution in [2.45, 2.75) is 24.0 Å². The number of anilines is 1. The van der Waals surface area contributed by atoms with Crippen LogP contribution >= 0.6 is 22.9 Å². The second kappa shape index (κ2) is 10.8. The molecule has 1 aliphatic heterocycles. The molecule has 0 aliphatic carbocycles. The highest BCUT2D eigenvalue weighted by Crippen LogP contribution is 2.39. The number of halogens is 1. The Morgan fingerprint density at radius 2 is 2.00 bits per heavy atom. The van der Waals surface area contributed by atoms with E-state index >= 15 is 0 Å². The van der Waals surface area contributed by atoms with Crippen LogP contribution in [0.2, 0.25) is 5.02 Å². The fourth-order valence-electron chi connectivity index (χ4n) is 3.81. The fraction of sp³-hybridized carbons (Fsp3) is 0.417. The van der Waals surface area contributed by atoms with E-state index in [1.807, 2.05) is 0 Å². The molecule has 4 rings (SSSR count). The third-order valence-corrected chi connectivity index (χ3v) is 9.61. The SMILES string of the molecule is COc1ccc(Cl)c2sc(N(CCN3CCOCC3)C(=O)c3cccc(S(=O)(=O)C(C)C)c3)nc12. The fourth-order valence-corrected chi connectivity index (χ4v) is 6.19. The number of nitrogens with zero attached hydrogens (tertiary/aromatic N) is 3. The molecular formula is C24H28ClN3O5S2. The van der Waals surface area contributed by atoms with Crippen LogP contribution in [0.5, 0.6) is 5.75 Å². The molecule has 0 N–H and O–H groups in total. The summed E-state index contributed by atoms with van der Waals surface area (Å²) < 4.78 is 37.0. The van der Waals surface area contributed by atoms with Gasteiger partial charge in [0.15, 0.2) is 15.0 Å². The Bertz CT molecular complexity index is 1320. The van der Waals surface area contributed by atoms with Gasteiger partial charge in [0.1, 0.15) is 11.3 Å². The Labute approximate surface area is 214 Å². The highest BCUT2D eigenvalue weighted by molar-refractivity contribution is 7.92. The largest absolute Gasteiger partial charge is 0.494 e. The van der Waals surface area contributed by atoms with E-state index in [-0.39, 0.29) is 16.4 Å². The maximum atomic E-state index is 13.8. The van der Waals surface area contributed by atoms with Gasteiger partial charge in [0.05, 0.1) is 40.2 Å². The summed E-state index contributed by atoms with van der Waals surface area (Å²) in [5.41, 5.74) is 0.867. The van der Waals surface area contributed by atoms with Gasteiger partial charge in [-0.2, -0.15) is 0 Å². The Morgan fingerprint density at radius 1 is 1.26 bits per heavy atom. The zero-order chi connectivity index (χ0) is 25.2. The van der Waals surface area contributed by atoms with Gasteiger partial charge >= 0.3 is 0 Å². The van der Waals surface area contributed by atoms with Crippen LogP contribution in [0.4, 0.5) is 5.13 Å². The number of hydrogen-bond acceptors (Lipinski definition) is 8. The van der Waals surface area contributed by atoms with Gasteiger partial charge in [-0.3, -0.25) is 14.6 Å². The molecule has 0 unspecified atom stereocenters. The van der Waals surface area contributed by atoms with Crippen LogP contribution in [-0.4, -0.2) is 76.0 Å². The van der Waals surface area contributed by atoms with Gasteiger partial charge in [-0.1, -0.05) is 29.0 Å². The van der Waals surface area contributed by atoms with Crippen molar-refractivity contribution >= 4 is 54.0 Å². The number of amides is 1. The first-order valence-corrected chi connectivity index (χ1v) is 14.1. The Morgan fingerprint density at radius 3 is 2.69 bits per heavy atom. The second-order valence-corrected chi connectivity index (χ2v) is 12.3. The number of methoxy groups -OCH3 is 1. The van der Waals surface area contributed by atoms with Crippen LogP contribution in [0, 0.1) is 0 Å². The normalized spacial score (nSPS) is 15.0. The van der Waals surface area contributed by atoms with E-state index in [0.717, 1.165) is 17.8 Å². The lowest BCUT2D eigenvalue weighted by molar-refractivity contribution is 0.0391. The first-order valence-electron chi connectivity index (χ1n) is 11.3. The number of fused-ring (bicyclic) bond motifs is 1. The number of sulfone groups is 1. The Hall–Kier alpha value is -2.24. The molecular weight excluding hydrogens is 510 g/mol. The molecule has 3 aromatic rings. The van der Waals surface area contributed by atoms with Gasteiger partial charge < -0.3 is 9.47 Å². The summed E-state index contributed by atoms with van der Waals surface area (Å²) in [4.78, 5) is 22.4. The van der Waals surface area contributed by atoms with Gasteiger partial charge in [0.25, 0.3) is 5.91 Å². The zero-order valence-corrected chi connectivity index (χ0v) is 22.3. The van der Waals surface area contributed by atoms with Gasteiger partial charge in [-0.15, -0.1) is 0 Å². The topological polar surface area (TPSA) is 89.0 Å². The summed E-state index contributed by atoms with van der Waals surface area (Å²) in [6, 6.07) is 9.68. The molecule has 188 valence electrons. The highest BCUT2D eigenvalue weighted by atomic mass is 35.5. The van der Waals surface area contributed by atoms with Gasteiger partial charge in [0.2, 0.25) is 0 Å². The minimum absolute atomic E-state index is 0.125. The maximum Gasteiger partial charge on any atom is 0.260 e. The lowest BCUT2D eigenvalue weighted by Crippen LogP contribution is -2.43. The van der Waals surface area contributed by atoms with Crippen LogP contribution in [-0.2, 0) is 14.6 Å². The van der Waals surface area contributed by atoms with Gasteiger partial charge in [-0.05, 0) is 44.2 Å². The molecule has 1 aromatic heterocycles.